The number of hydrogen-bond donors (Lipinski definition) is 1. The Morgan fingerprint density at radius 2 is 1.96 bits per heavy atom. The van der Waals surface area contributed by atoms with Crippen LogP contribution in [0.5, 0.6) is 17.2 Å². The predicted molar refractivity (Wildman–Crippen MR) is 103 cm³/mol. The van der Waals surface area contributed by atoms with Gasteiger partial charge < -0.3 is 19.5 Å². The number of nitrogens with zero attached hydrogens (tertiary/aromatic N) is 1. The lowest BCUT2D eigenvalue weighted by Crippen LogP contribution is -2.36. The number of benzene rings is 2. The van der Waals surface area contributed by atoms with E-state index in [0.717, 1.165) is 28.4 Å². The number of ether oxygens (including phenoxy) is 3. The fraction of sp³-hybridized carbons (Fsp3) is 0.381. The Hall–Kier alpha value is -2.73. The molecule has 2 aromatic carbocycles. The number of carbonyl (C=O) groups excluding carboxylic acids is 1. The Morgan fingerprint density at radius 3 is 2.78 bits per heavy atom. The highest BCUT2D eigenvalue weighted by Crippen LogP contribution is 2.30. The van der Waals surface area contributed by atoms with Gasteiger partial charge in [0, 0.05) is 6.54 Å². The molecule has 6 nitrogen and oxygen atoms in total. The lowest BCUT2D eigenvalue weighted by molar-refractivity contribution is -0.122. The summed E-state index contributed by atoms with van der Waals surface area (Å²) < 4.78 is 16.8. The van der Waals surface area contributed by atoms with Crippen LogP contribution >= 0.6 is 0 Å². The Balaban J connectivity index is 1.37. The summed E-state index contributed by atoms with van der Waals surface area (Å²) in [5, 5.41) is 2.88. The zero-order valence-corrected chi connectivity index (χ0v) is 15.9. The average Bonchev–Trinajstić information content (AvgIpc) is 2.65. The molecule has 2 aromatic rings. The predicted octanol–water partition coefficient (Wildman–Crippen LogP) is 2.39. The molecule has 0 aromatic heterocycles. The maximum atomic E-state index is 12.1. The highest BCUT2D eigenvalue weighted by molar-refractivity contribution is 5.77. The minimum Gasteiger partial charge on any atom is -0.492 e. The van der Waals surface area contributed by atoms with Crippen molar-refractivity contribution in [3.63, 3.8) is 0 Å². The fourth-order valence-electron chi connectivity index (χ4n) is 2.92. The van der Waals surface area contributed by atoms with E-state index in [1.807, 2.05) is 61.3 Å². The van der Waals surface area contributed by atoms with Crippen LogP contribution in [0.25, 0.3) is 0 Å². The van der Waals surface area contributed by atoms with E-state index in [9.17, 15) is 4.79 Å². The topological polar surface area (TPSA) is 60.0 Å². The van der Waals surface area contributed by atoms with E-state index in [4.69, 9.17) is 14.2 Å². The maximum Gasteiger partial charge on any atom is 0.234 e. The number of hydrogen-bond acceptors (Lipinski definition) is 5. The zero-order valence-electron chi connectivity index (χ0n) is 15.9. The summed E-state index contributed by atoms with van der Waals surface area (Å²) in [7, 11) is 1.92. The van der Waals surface area contributed by atoms with E-state index in [1.165, 1.54) is 0 Å². The molecular formula is C21H26N2O4. The highest BCUT2D eigenvalue weighted by Gasteiger charge is 2.13. The van der Waals surface area contributed by atoms with E-state index in [2.05, 4.69) is 5.32 Å². The number of rotatable bonds is 8. The molecule has 1 amide bonds. The summed E-state index contributed by atoms with van der Waals surface area (Å²) in [5.74, 6) is 2.34. The van der Waals surface area contributed by atoms with E-state index in [1.54, 1.807) is 0 Å². The monoisotopic (exact) mass is 370 g/mol. The normalized spacial score (nSPS) is 12.7. The first-order valence-corrected chi connectivity index (χ1v) is 9.13. The fourth-order valence-corrected chi connectivity index (χ4v) is 2.92. The first-order chi connectivity index (χ1) is 13.1. The molecule has 0 saturated carbocycles. The minimum absolute atomic E-state index is 0.0251. The Bertz CT molecular complexity index is 779. The largest absolute Gasteiger partial charge is 0.492 e. The standard InChI is InChI=1S/C21H26N2O4/c1-16-4-3-5-18(12-16)25-9-8-22-21(24)15-23(2)14-17-6-7-19-20(13-17)27-11-10-26-19/h3-7,12-13H,8-11,14-15H2,1-2H3,(H,22,24). The summed E-state index contributed by atoms with van der Waals surface area (Å²) in [5.41, 5.74) is 2.23. The van der Waals surface area contributed by atoms with Crippen molar-refractivity contribution in [1.29, 1.82) is 0 Å². The minimum atomic E-state index is -0.0251. The number of nitrogens with one attached hydrogen (secondary N) is 1. The molecule has 1 heterocycles. The summed E-state index contributed by atoms with van der Waals surface area (Å²) >= 11 is 0. The third-order valence-corrected chi connectivity index (χ3v) is 4.16. The molecule has 0 atom stereocenters. The molecule has 3 rings (SSSR count). The van der Waals surface area contributed by atoms with Crippen LogP contribution in [0.2, 0.25) is 0 Å². The second-order valence-electron chi connectivity index (χ2n) is 6.67. The number of fused-ring (bicyclic) bond motifs is 1. The number of carbonyl (C=O) groups is 1. The smallest absolute Gasteiger partial charge is 0.234 e. The molecule has 1 aliphatic rings. The highest BCUT2D eigenvalue weighted by atomic mass is 16.6. The van der Waals surface area contributed by atoms with Gasteiger partial charge in [0.05, 0.1) is 13.1 Å². The lowest BCUT2D eigenvalue weighted by Gasteiger charge is -2.21. The van der Waals surface area contributed by atoms with Crippen molar-refractivity contribution in [2.75, 3.05) is 40.0 Å². The molecule has 0 fully saturated rings. The van der Waals surface area contributed by atoms with Gasteiger partial charge in [-0.05, 0) is 49.4 Å². The number of aryl methyl sites for hydroxylation is 1. The molecule has 27 heavy (non-hydrogen) atoms. The van der Waals surface area contributed by atoms with Crippen LogP contribution in [-0.2, 0) is 11.3 Å². The van der Waals surface area contributed by atoms with Gasteiger partial charge in [0.15, 0.2) is 11.5 Å². The molecule has 0 unspecified atom stereocenters. The lowest BCUT2D eigenvalue weighted by atomic mass is 10.2. The molecule has 0 aliphatic carbocycles. The van der Waals surface area contributed by atoms with Crippen molar-refractivity contribution < 1.29 is 19.0 Å². The Labute approximate surface area is 160 Å². The molecule has 1 aliphatic heterocycles. The van der Waals surface area contributed by atoms with Gasteiger partial charge in [-0.3, -0.25) is 9.69 Å². The van der Waals surface area contributed by atoms with Gasteiger partial charge >= 0.3 is 0 Å². The molecule has 144 valence electrons. The average molecular weight is 370 g/mol. The summed E-state index contributed by atoms with van der Waals surface area (Å²) in [6.07, 6.45) is 0. The van der Waals surface area contributed by atoms with Crippen LogP contribution in [-0.4, -0.2) is 50.8 Å². The van der Waals surface area contributed by atoms with Gasteiger partial charge in [-0.15, -0.1) is 0 Å². The quantitative estimate of drug-likeness (QED) is 0.723. The van der Waals surface area contributed by atoms with Crippen LogP contribution in [0.1, 0.15) is 11.1 Å². The first-order valence-electron chi connectivity index (χ1n) is 9.13. The molecule has 0 bridgehead atoms. The van der Waals surface area contributed by atoms with Crippen LogP contribution in [0.4, 0.5) is 0 Å². The van der Waals surface area contributed by atoms with Crippen LogP contribution < -0.4 is 19.5 Å². The van der Waals surface area contributed by atoms with Gasteiger partial charge in [0.1, 0.15) is 25.6 Å². The van der Waals surface area contributed by atoms with Gasteiger partial charge in [-0.2, -0.15) is 0 Å². The van der Waals surface area contributed by atoms with E-state index >= 15 is 0 Å². The van der Waals surface area contributed by atoms with Gasteiger partial charge in [0.2, 0.25) is 5.91 Å². The van der Waals surface area contributed by atoms with E-state index < -0.39 is 0 Å². The third-order valence-electron chi connectivity index (χ3n) is 4.16. The van der Waals surface area contributed by atoms with Crippen LogP contribution in [0, 0.1) is 6.92 Å². The van der Waals surface area contributed by atoms with Gasteiger partial charge in [0.25, 0.3) is 0 Å². The third kappa shape index (κ3) is 5.89. The molecule has 0 saturated heterocycles. The van der Waals surface area contributed by atoms with E-state index in [0.29, 0.717) is 39.5 Å². The summed E-state index contributed by atoms with van der Waals surface area (Å²) in [4.78, 5) is 14.0. The van der Waals surface area contributed by atoms with Crippen molar-refractivity contribution in [3.05, 3.63) is 53.6 Å². The second kappa shape index (κ2) is 9.28. The molecular weight excluding hydrogens is 344 g/mol. The van der Waals surface area contributed by atoms with Crippen molar-refractivity contribution >= 4 is 5.91 Å². The van der Waals surface area contributed by atoms with E-state index in [-0.39, 0.29) is 5.91 Å². The second-order valence-corrected chi connectivity index (χ2v) is 6.67. The first kappa shape index (κ1) is 19.0. The van der Waals surface area contributed by atoms with Crippen molar-refractivity contribution in [3.8, 4) is 17.2 Å². The van der Waals surface area contributed by atoms with Crippen molar-refractivity contribution in [2.24, 2.45) is 0 Å². The zero-order chi connectivity index (χ0) is 19.1. The van der Waals surface area contributed by atoms with Gasteiger partial charge in [-0.1, -0.05) is 18.2 Å². The SMILES string of the molecule is Cc1cccc(OCCNC(=O)CN(C)Cc2ccc3c(c2)OCCO3)c1. The van der Waals surface area contributed by atoms with Crippen LogP contribution in [0.3, 0.4) is 0 Å². The molecule has 0 spiro atoms. The maximum absolute atomic E-state index is 12.1. The molecule has 0 radical (unpaired) electrons. The number of amides is 1. The molecule has 1 N–H and O–H groups in total. The van der Waals surface area contributed by atoms with Crippen molar-refractivity contribution in [2.45, 2.75) is 13.5 Å². The van der Waals surface area contributed by atoms with Crippen molar-refractivity contribution in [1.82, 2.24) is 10.2 Å². The number of likely N-dealkylation sites (N-methyl/N-ethyl adjacent to an activating group) is 1. The Kier molecular flexibility index (Phi) is 6.54. The summed E-state index contributed by atoms with van der Waals surface area (Å²) in [6, 6.07) is 13.7. The Morgan fingerprint density at radius 1 is 1.15 bits per heavy atom. The van der Waals surface area contributed by atoms with Crippen LogP contribution in [0.15, 0.2) is 42.5 Å². The van der Waals surface area contributed by atoms with Gasteiger partial charge in [-0.25, -0.2) is 0 Å². The molecule has 6 heteroatoms. The summed E-state index contributed by atoms with van der Waals surface area (Å²) in [6.45, 7) is 5.07.